The first-order chi connectivity index (χ1) is 8.09. The highest BCUT2D eigenvalue weighted by molar-refractivity contribution is 5.96. The first kappa shape index (κ1) is 11.9. The Balaban J connectivity index is 2.12. The summed E-state index contributed by atoms with van der Waals surface area (Å²) in [5.41, 5.74) is 1.17. The maximum atomic E-state index is 12.1. The van der Waals surface area contributed by atoms with Gasteiger partial charge in [0, 0.05) is 23.7 Å². The second-order valence-corrected chi connectivity index (χ2v) is 4.67. The molecule has 1 aliphatic rings. The number of carbonyl (C=O) groups excluding carboxylic acids is 1. The van der Waals surface area contributed by atoms with Crippen molar-refractivity contribution in [3.8, 4) is 5.75 Å². The third-order valence-corrected chi connectivity index (χ3v) is 3.38. The Kier molecular flexibility index (Phi) is 3.33. The predicted octanol–water partition coefficient (Wildman–Crippen LogP) is 1.04. The minimum absolute atomic E-state index is 0.112. The first-order valence-corrected chi connectivity index (χ1v) is 5.89. The van der Waals surface area contributed by atoms with E-state index < -0.39 is 0 Å². The van der Waals surface area contributed by atoms with Gasteiger partial charge in [0.05, 0.1) is 0 Å². The molecule has 2 atom stereocenters. The lowest BCUT2D eigenvalue weighted by molar-refractivity contribution is 0.0932. The molecule has 1 aromatic rings. The zero-order chi connectivity index (χ0) is 12.4. The molecule has 0 spiro atoms. The van der Waals surface area contributed by atoms with Crippen LogP contribution in [0.3, 0.4) is 0 Å². The molecule has 1 saturated heterocycles. The van der Waals surface area contributed by atoms with Crippen molar-refractivity contribution in [2.75, 3.05) is 13.1 Å². The molecule has 4 nitrogen and oxygen atoms in total. The Morgan fingerprint density at radius 2 is 2.24 bits per heavy atom. The summed E-state index contributed by atoms with van der Waals surface area (Å²) in [5.74, 6) is 0.491. The number of benzene rings is 1. The molecule has 1 fully saturated rings. The van der Waals surface area contributed by atoms with Gasteiger partial charge in [0.2, 0.25) is 0 Å². The van der Waals surface area contributed by atoms with E-state index in [4.69, 9.17) is 0 Å². The number of rotatable bonds is 2. The quantitative estimate of drug-likeness (QED) is 0.716. The lowest BCUT2D eigenvalue weighted by Gasteiger charge is -2.17. The number of amides is 1. The number of hydrogen-bond donors (Lipinski definition) is 3. The molecule has 0 radical (unpaired) electrons. The van der Waals surface area contributed by atoms with E-state index in [-0.39, 0.29) is 17.7 Å². The second-order valence-electron chi connectivity index (χ2n) is 4.67. The van der Waals surface area contributed by atoms with Crippen LogP contribution in [0.15, 0.2) is 18.2 Å². The molecule has 0 bridgehead atoms. The van der Waals surface area contributed by atoms with E-state index in [1.807, 2.05) is 0 Å². The number of phenolic OH excluding ortho intramolecular Hbond substituents is 1. The lowest BCUT2D eigenvalue weighted by Crippen LogP contribution is -2.39. The van der Waals surface area contributed by atoms with Crippen molar-refractivity contribution in [2.24, 2.45) is 5.92 Å². The van der Waals surface area contributed by atoms with E-state index in [1.54, 1.807) is 25.1 Å². The Labute approximate surface area is 101 Å². The lowest BCUT2D eigenvalue weighted by atomic mass is 10.0. The molecule has 92 valence electrons. The number of phenols is 1. The Hall–Kier alpha value is -1.55. The summed E-state index contributed by atoms with van der Waals surface area (Å²) < 4.78 is 0. The third-order valence-electron chi connectivity index (χ3n) is 3.38. The van der Waals surface area contributed by atoms with Crippen LogP contribution in [0.4, 0.5) is 0 Å². The van der Waals surface area contributed by atoms with Crippen LogP contribution in [0.5, 0.6) is 5.75 Å². The second kappa shape index (κ2) is 4.75. The fraction of sp³-hybridized carbons (Fsp3) is 0.462. The van der Waals surface area contributed by atoms with Gasteiger partial charge in [-0.1, -0.05) is 13.0 Å². The minimum Gasteiger partial charge on any atom is -0.508 e. The van der Waals surface area contributed by atoms with Gasteiger partial charge < -0.3 is 15.7 Å². The Morgan fingerprint density at radius 3 is 2.88 bits per heavy atom. The van der Waals surface area contributed by atoms with Crippen molar-refractivity contribution in [2.45, 2.75) is 19.9 Å². The van der Waals surface area contributed by atoms with Crippen molar-refractivity contribution in [3.05, 3.63) is 29.3 Å². The van der Waals surface area contributed by atoms with Crippen LogP contribution >= 0.6 is 0 Å². The molecular weight excluding hydrogens is 216 g/mol. The van der Waals surface area contributed by atoms with Gasteiger partial charge in [-0.2, -0.15) is 0 Å². The van der Waals surface area contributed by atoms with Gasteiger partial charge >= 0.3 is 0 Å². The SMILES string of the molecule is Cc1c(O)cccc1C(=O)NC1CNCC1C. The van der Waals surface area contributed by atoms with Crippen molar-refractivity contribution in [1.82, 2.24) is 10.6 Å². The van der Waals surface area contributed by atoms with E-state index >= 15 is 0 Å². The fourth-order valence-electron chi connectivity index (χ4n) is 2.12. The summed E-state index contributed by atoms with van der Waals surface area (Å²) in [7, 11) is 0. The third kappa shape index (κ3) is 2.42. The minimum atomic E-state index is -0.112. The average Bonchev–Trinajstić information content (AvgIpc) is 2.68. The van der Waals surface area contributed by atoms with E-state index in [0.717, 1.165) is 13.1 Å². The molecule has 2 unspecified atom stereocenters. The number of hydrogen-bond acceptors (Lipinski definition) is 3. The maximum Gasteiger partial charge on any atom is 0.251 e. The molecular formula is C13H18N2O2. The molecule has 1 heterocycles. The van der Waals surface area contributed by atoms with Gasteiger partial charge in [-0.15, -0.1) is 0 Å². The number of carbonyl (C=O) groups is 1. The average molecular weight is 234 g/mol. The summed E-state index contributed by atoms with van der Waals surface area (Å²) in [6.45, 7) is 5.61. The van der Waals surface area contributed by atoms with Crippen LogP contribution in [0.1, 0.15) is 22.8 Å². The topological polar surface area (TPSA) is 61.4 Å². The summed E-state index contributed by atoms with van der Waals surface area (Å²) in [6, 6.07) is 5.18. The summed E-state index contributed by atoms with van der Waals surface area (Å²) in [6.07, 6.45) is 0. The van der Waals surface area contributed by atoms with Gasteiger partial charge in [0.15, 0.2) is 0 Å². The number of aromatic hydroxyl groups is 1. The molecule has 0 aliphatic carbocycles. The van der Waals surface area contributed by atoms with Crippen LogP contribution < -0.4 is 10.6 Å². The largest absolute Gasteiger partial charge is 0.508 e. The summed E-state index contributed by atoms with van der Waals surface area (Å²) in [4.78, 5) is 12.1. The standard InChI is InChI=1S/C13H18N2O2/c1-8-6-14-7-11(8)15-13(17)10-4-3-5-12(16)9(10)2/h3-5,8,11,14,16H,6-7H2,1-2H3,(H,15,17). The Bertz CT molecular complexity index is 431. The molecule has 4 heteroatoms. The van der Waals surface area contributed by atoms with Gasteiger partial charge in [0.1, 0.15) is 5.75 Å². The smallest absolute Gasteiger partial charge is 0.251 e. The molecule has 2 rings (SSSR count). The highest BCUT2D eigenvalue weighted by atomic mass is 16.3. The van der Waals surface area contributed by atoms with Gasteiger partial charge in [-0.05, 0) is 31.5 Å². The van der Waals surface area contributed by atoms with Crippen LogP contribution in [-0.2, 0) is 0 Å². The highest BCUT2D eigenvalue weighted by Gasteiger charge is 2.25. The van der Waals surface area contributed by atoms with Crippen molar-refractivity contribution >= 4 is 5.91 Å². The molecule has 0 aromatic heterocycles. The summed E-state index contributed by atoms with van der Waals surface area (Å²) in [5, 5.41) is 15.8. The molecule has 1 aromatic carbocycles. The van der Waals surface area contributed by atoms with E-state index in [1.165, 1.54) is 0 Å². The summed E-state index contributed by atoms with van der Waals surface area (Å²) >= 11 is 0. The zero-order valence-electron chi connectivity index (χ0n) is 10.2. The molecule has 1 aliphatic heterocycles. The van der Waals surface area contributed by atoms with Gasteiger partial charge in [-0.3, -0.25) is 4.79 Å². The zero-order valence-corrected chi connectivity index (χ0v) is 10.2. The van der Waals surface area contributed by atoms with E-state index in [9.17, 15) is 9.90 Å². The van der Waals surface area contributed by atoms with Gasteiger partial charge in [-0.25, -0.2) is 0 Å². The fourth-order valence-corrected chi connectivity index (χ4v) is 2.12. The van der Waals surface area contributed by atoms with Crippen LogP contribution in [0, 0.1) is 12.8 Å². The van der Waals surface area contributed by atoms with Crippen LogP contribution in [0.2, 0.25) is 0 Å². The van der Waals surface area contributed by atoms with Crippen molar-refractivity contribution in [3.63, 3.8) is 0 Å². The van der Waals surface area contributed by atoms with E-state index in [2.05, 4.69) is 17.6 Å². The first-order valence-electron chi connectivity index (χ1n) is 5.89. The van der Waals surface area contributed by atoms with Gasteiger partial charge in [0.25, 0.3) is 5.91 Å². The monoisotopic (exact) mass is 234 g/mol. The highest BCUT2D eigenvalue weighted by Crippen LogP contribution is 2.20. The maximum absolute atomic E-state index is 12.1. The van der Waals surface area contributed by atoms with Crippen LogP contribution in [0.25, 0.3) is 0 Å². The molecule has 3 N–H and O–H groups in total. The normalized spacial score (nSPS) is 23.6. The molecule has 17 heavy (non-hydrogen) atoms. The molecule has 0 saturated carbocycles. The Morgan fingerprint density at radius 1 is 1.47 bits per heavy atom. The number of nitrogens with one attached hydrogen (secondary N) is 2. The van der Waals surface area contributed by atoms with Crippen LogP contribution in [-0.4, -0.2) is 30.1 Å². The van der Waals surface area contributed by atoms with Crippen molar-refractivity contribution in [1.29, 1.82) is 0 Å². The predicted molar refractivity (Wildman–Crippen MR) is 66.1 cm³/mol. The van der Waals surface area contributed by atoms with E-state index in [0.29, 0.717) is 17.0 Å². The molecule has 1 amide bonds. The van der Waals surface area contributed by atoms with Crippen molar-refractivity contribution < 1.29 is 9.90 Å².